The molecule has 1 aliphatic heterocycles. The Balaban J connectivity index is 1.35. The Morgan fingerprint density at radius 3 is 2.48 bits per heavy atom. The van der Waals surface area contributed by atoms with Crippen LogP contribution < -0.4 is 5.32 Å². The van der Waals surface area contributed by atoms with Crippen molar-refractivity contribution in [3.8, 4) is 0 Å². The Morgan fingerprint density at radius 2 is 1.69 bits per heavy atom. The number of likely N-dealkylation sites (tertiary alicyclic amines) is 1. The van der Waals surface area contributed by atoms with E-state index < -0.39 is 0 Å². The van der Waals surface area contributed by atoms with Crippen LogP contribution in [-0.2, 0) is 11.3 Å². The maximum absolute atomic E-state index is 13.0. The van der Waals surface area contributed by atoms with Gasteiger partial charge < -0.3 is 10.2 Å². The topological polar surface area (TPSA) is 49.4 Å². The molecule has 0 aromatic heterocycles. The Hall–Kier alpha value is -2.85. The van der Waals surface area contributed by atoms with Gasteiger partial charge in [-0.3, -0.25) is 9.59 Å². The second kappa shape index (κ2) is 8.66. The van der Waals surface area contributed by atoms with Crippen molar-refractivity contribution in [1.29, 1.82) is 0 Å². The van der Waals surface area contributed by atoms with Crippen LogP contribution in [0, 0.1) is 5.92 Å². The van der Waals surface area contributed by atoms with E-state index in [9.17, 15) is 9.59 Å². The molecule has 1 heterocycles. The van der Waals surface area contributed by atoms with Crippen LogP contribution in [0.4, 0.5) is 0 Å². The summed E-state index contributed by atoms with van der Waals surface area (Å²) in [6, 6.07) is 21.2. The number of nitrogens with zero attached hydrogens (tertiary/aromatic N) is 1. The first-order valence-electron chi connectivity index (χ1n) is 9.91. The summed E-state index contributed by atoms with van der Waals surface area (Å²) in [7, 11) is 0. The Bertz CT molecular complexity index is 1040. The van der Waals surface area contributed by atoms with Crippen LogP contribution in [0.5, 0.6) is 0 Å². The first-order chi connectivity index (χ1) is 14.1. The van der Waals surface area contributed by atoms with Crippen LogP contribution in [0.25, 0.3) is 10.8 Å². The lowest BCUT2D eigenvalue weighted by Crippen LogP contribution is -2.43. The Morgan fingerprint density at radius 1 is 0.966 bits per heavy atom. The van der Waals surface area contributed by atoms with E-state index in [1.807, 2.05) is 71.6 Å². The molecular weight excluding hydrogens is 384 g/mol. The third kappa shape index (κ3) is 4.43. The van der Waals surface area contributed by atoms with E-state index in [-0.39, 0.29) is 17.7 Å². The van der Waals surface area contributed by atoms with Crippen molar-refractivity contribution >= 4 is 34.2 Å². The van der Waals surface area contributed by atoms with Gasteiger partial charge in [-0.1, -0.05) is 60.1 Å². The zero-order valence-electron chi connectivity index (χ0n) is 16.1. The molecule has 0 spiro atoms. The van der Waals surface area contributed by atoms with E-state index in [1.165, 1.54) is 0 Å². The highest BCUT2D eigenvalue weighted by Crippen LogP contribution is 2.24. The summed E-state index contributed by atoms with van der Waals surface area (Å²) >= 11 is 5.99. The molecule has 4 nitrogen and oxygen atoms in total. The molecule has 1 aliphatic rings. The SMILES string of the molecule is O=C(NCc1cccc(Cl)c1)C1CCN(C(=O)c2cccc3ccccc23)CC1. The molecule has 0 atom stereocenters. The van der Waals surface area contributed by atoms with Crippen molar-refractivity contribution in [3.05, 3.63) is 82.9 Å². The fraction of sp³-hybridized carbons (Fsp3) is 0.250. The summed E-state index contributed by atoms with van der Waals surface area (Å²) in [5.41, 5.74) is 1.71. The zero-order valence-corrected chi connectivity index (χ0v) is 16.9. The largest absolute Gasteiger partial charge is 0.352 e. The van der Waals surface area contributed by atoms with E-state index in [0.717, 1.165) is 21.9 Å². The van der Waals surface area contributed by atoms with Crippen molar-refractivity contribution in [2.75, 3.05) is 13.1 Å². The highest BCUT2D eigenvalue weighted by molar-refractivity contribution is 6.30. The fourth-order valence-electron chi connectivity index (χ4n) is 3.91. The predicted octanol–water partition coefficient (Wildman–Crippen LogP) is 4.66. The molecule has 2 amide bonds. The fourth-order valence-corrected chi connectivity index (χ4v) is 4.12. The molecule has 29 heavy (non-hydrogen) atoms. The minimum absolute atomic E-state index is 0.0413. The first-order valence-corrected chi connectivity index (χ1v) is 10.3. The predicted molar refractivity (Wildman–Crippen MR) is 116 cm³/mol. The smallest absolute Gasteiger partial charge is 0.254 e. The van der Waals surface area contributed by atoms with Crippen LogP contribution >= 0.6 is 11.6 Å². The molecule has 0 radical (unpaired) electrons. The van der Waals surface area contributed by atoms with Crippen molar-refractivity contribution in [3.63, 3.8) is 0 Å². The number of carbonyl (C=O) groups is 2. The number of nitrogens with one attached hydrogen (secondary N) is 1. The summed E-state index contributed by atoms with van der Waals surface area (Å²) in [6.07, 6.45) is 1.36. The number of fused-ring (bicyclic) bond motifs is 1. The molecule has 1 saturated heterocycles. The molecule has 4 rings (SSSR count). The molecular formula is C24H23ClN2O2. The first kappa shape index (κ1) is 19.5. The summed E-state index contributed by atoms with van der Waals surface area (Å²) < 4.78 is 0. The normalized spacial score (nSPS) is 14.7. The van der Waals surface area contributed by atoms with Crippen LogP contribution in [0.15, 0.2) is 66.7 Å². The van der Waals surface area contributed by atoms with Gasteiger partial charge in [0.15, 0.2) is 0 Å². The van der Waals surface area contributed by atoms with E-state index in [4.69, 9.17) is 11.6 Å². The third-order valence-corrected chi connectivity index (χ3v) is 5.76. The molecule has 1 fully saturated rings. The lowest BCUT2D eigenvalue weighted by atomic mass is 9.94. The van der Waals surface area contributed by atoms with Gasteiger partial charge in [-0.25, -0.2) is 0 Å². The summed E-state index contributed by atoms with van der Waals surface area (Å²) in [5, 5.41) is 5.70. The zero-order chi connectivity index (χ0) is 20.2. The van der Waals surface area contributed by atoms with Gasteiger partial charge >= 0.3 is 0 Å². The van der Waals surface area contributed by atoms with Crippen LogP contribution in [-0.4, -0.2) is 29.8 Å². The average Bonchev–Trinajstić information content (AvgIpc) is 2.77. The lowest BCUT2D eigenvalue weighted by Gasteiger charge is -2.31. The van der Waals surface area contributed by atoms with Gasteiger partial charge in [-0.05, 0) is 47.4 Å². The number of piperidine rings is 1. The maximum Gasteiger partial charge on any atom is 0.254 e. The van der Waals surface area contributed by atoms with E-state index in [0.29, 0.717) is 37.5 Å². The van der Waals surface area contributed by atoms with Gasteiger partial charge in [0.05, 0.1) is 0 Å². The number of hydrogen-bond donors (Lipinski definition) is 1. The van der Waals surface area contributed by atoms with Gasteiger partial charge in [0.25, 0.3) is 5.91 Å². The van der Waals surface area contributed by atoms with Crippen LogP contribution in [0.2, 0.25) is 5.02 Å². The number of rotatable bonds is 4. The number of benzene rings is 3. The van der Waals surface area contributed by atoms with Crippen molar-refractivity contribution in [2.45, 2.75) is 19.4 Å². The molecule has 0 saturated carbocycles. The summed E-state index contributed by atoms with van der Waals surface area (Å²) in [6.45, 7) is 1.66. The average molecular weight is 407 g/mol. The molecule has 0 bridgehead atoms. The Kier molecular flexibility index (Phi) is 5.81. The number of amides is 2. The van der Waals surface area contributed by atoms with Gasteiger partial charge in [0.2, 0.25) is 5.91 Å². The molecule has 0 aliphatic carbocycles. The second-order valence-electron chi connectivity index (χ2n) is 7.44. The summed E-state index contributed by atoms with van der Waals surface area (Å²) in [5.74, 6) is 0.0209. The highest BCUT2D eigenvalue weighted by Gasteiger charge is 2.28. The molecule has 0 unspecified atom stereocenters. The molecule has 5 heteroatoms. The Labute approximate surface area is 175 Å². The minimum atomic E-state index is -0.0641. The minimum Gasteiger partial charge on any atom is -0.352 e. The molecule has 148 valence electrons. The van der Waals surface area contributed by atoms with E-state index >= 15 is 0 Å². The maximum atomic E-state index is 13.0. The molecule has 3 aromatic carbocycles. The monoisotopic (exact) mass is 406 g/mol. The quantitative estimate of drug-likeness (QED) is 0.684. The second-order valence-corrected chi connectivity index (χ2v) is 7.88. The van der Waals surface area contributed by atoms with Gasteiger partial charge in [-0.15, -0.1) is 0 Å². The van der Waals surface area contributed by atoms with Gasteiger partial charge in [0, 0.05) is 36.1 Å². The van der Waals surface area contributed by atoms with Crippen LogP contribution in [0.3, 0.4) is 0 Å². The summed E-state index contributed by atoms with van der Waals surface area (Å²) in [4.78, 5) is 27.4. The number of halogens is 1. The van der Waals surface area contributed by atoms with E-state index in [1.54, 1.807) is 0 Å². The number of carbonyl (C=O) groups excluding carboxylic acids is 2. The van der Waals surface area contributed by atoms with Crippen LogP contribution in [0.1, 0.15) is 28.8 Å². The van der Waals surface area contributed by atoms with E-state index in [2.05, 4.69) is 5.32 Å². The third-order valence-electron chi connectivity index (χ3n) is 5.53. The molecule has 1 N–H and O–H groups in total. The van der Waals surface area contributed by atoms with Crippen molar-refractivity contribution in [1.82, 2.24) is 10.2 Å². The molecule has 3 aromatic rings. The highest BCUT2D eigenvalue weighted by atomic mass is 35.5. The number of hydrogen-bond acceptors (Lipinski definition) is 2. The van der Waals surface area contributed by atoms with Gasteiger partial charge in [-0.2, -0.15) is 0 Å². The van der Waals surface area contributed by atoms with Crippen molar-refractivity contribution in [2.24, 2.45) is 5.92 Å². The standard InChI is InChI=1S/C24H23ClN2O2/c25-20-8-3-5-17(15-20)16-26-23(28)19-11-13-27(14-12-19)24(29)22-10-4-7-18-6-1-2-9-21(18)22/h1-10,15,19H,11-14,16H2,(H,26,28). The van der Waals surface area contributed by atoms with Crippen molar-refractivity contribution < 1.29 is 9.59 Å². The lowest BCUT2D eigenvalue weighted by molar-refractivity contribution is -0.126. The van der Waals surface area contributed by atoms with Gasteiger partial charge in [0.1, 0.15) is 0 Å².